The second-order valence-corrected chi connectivity index (χ2v) is 5.44. The number of aromatic nitrogens is 5. The standard InChI is InChI=1S/C15H16ClN5/c1-11(20-7-6-17-10-20)8-15-18-9-19-21(15)14-5-3-4-13(16)12(14)2/h3-7,9-11H,8H2,1-2H3/t11-/m1/s1. The van der Waals surface area contributed by atoms with Gasteiger partial charge in [0.2, 0.25) is 0 Å². The van der Waals surface area contributed by atoms with E-state index in [0.717, 1.165) is 28.5 Å². The smallest absolute Gasteiger partial charge is 0.138 e. The fourth-order valence-corrected chi connectivity index (χ4v) is 2.50. The Kier molecular flexibility index (Phi) is 3.75. The molecule has 0 fully saturated rings. The molecule has 3 rings (SSSR count). The Hall–Kier alpha value is -2.14. The first-order valence-corrected chi connectivity index (χ1v) is 7.16. The first-order valence-electron chi connectivity index (χ1n) is 6.78. The topological polar surface area (TPSA) is 48.5 Å². The maximum Gasteiger partial charge on any atom is 0.138 e. The summed E-state index contributed by atoms with van der Waals surface area (Å²) < 4.78 is 3.92. The molecule has 2 aromatic heterocycles. The van der Waals surface area contributed by atoms with Crippen molar-refractivity contribution in [1.82, 2.24) is 24.3 Å². The summed E-state index contributed by atoms with van der Waals surface area (Å²) in [6, 6.07) is 6.07. The molecule has 1 aromatic carbocycles. The lowest BCUT2D eigenvalue weighted by Gasteiger charge is -2.14. The highest BCUT2D eigenvalue weighted by Crippen LogP contribution is 2.23. The molecule has 2 heterocycles. The summed E-state index contributed by atoms with van der Waals surface area (Å²) in [6.45, 7) is 4.12. The van der Waals surface area contributed by atoms with Gasteiger partial charge >= 0.3 is 0 Å². The predicted octanol–water partition coefficient (Wildman–Crippen LogP) is 3.23. The van der Waals surface area contributed by atoms with Gasteiger partial charge in [-0.2, -0.15) is 5.10 Å². The monoisotopic (exact) mass is 301 g/mol. The summed E-state index contributed by atoms with van der Waals surface area (Å²) in [5.41, 5.74) is 1.97. The van der Waals surface area contributed by atoms with Gasteiger partial charge in [-0.05, 0) is 31.5 Å². The Balaban J connectivity index is 1.92. The molecule has 0 spiro atoms. The van der Waals surface area contributed by atoms with Crippen molar-refractivity contribution < 1.29 is 0 Å². The summed E-state index contributed by atoms with van der Waals surface area (Å²) in [4.78, 5) is 8.47. The van der Waals surface area contributed by atoms with E-state index in [0.29, 0.717) is 0 Å². The number of halogens is 1. The van der Waals surface area contributed by atoms with Crippen LogP contribution in [0.15, 0.2) is 43.2 Å². The SMILES string of the molecule is Cc1c(Cl)cccc1-n1ncnc1C[C@@H](C)n1ccnc1. The van der Waals surface area contributed by atoms with Crippen LogP contribution in [0.1, 0.15) is 24.4 Å². The van der Waals surface area contributed by atoms with E-state index in [4.69, 9.17) is 11.6 Å². The second-order valence-electron chi connectivity index (χ2n) is 5.04. The number of rotatable bonds is 4. The Bertz CT molecular complexity index is 732. The molecule has 0 aliphatic heterocycles. The molecule has 0 saturated heterocycles. The van der Waals surface area contributed by atoms with Gasteiger partial charge in [0.05, 0.1) is 12.0 Å². The molecule has 0 bridgehead atoms. The molecule has 3 aromatic rings. The summed E-state index contributed by atoms with van der Waals surface area (Å²) in [7, 11) is 0. The van der Waals surface area contributed by atoms with Gasteiger partial charge in [0.25, 0.3) is 0 Å². The number of hydrogen-bond acceptors (Lipinski definition) is 3. The maximum atomic E-state index is 6.20. The highest BCUT2D eigenvalue weighted by molar-refractivity contribution is 6.31. The van der Waals surface area contributed by atoms with Gasteiger partial charge < -0.3 is 4.57 Å². The fraction of sp³-hybridized carbons (Fsp3) is 0.267. The molecule has 0 unspecified atom stereocenters. The van der Waals surface area contributed by atoms with E-state index in [1.807, 2.05) is 42.3 Å². The van der Waals surface area contributed by atoms with Crippen molar-refractivity contribution in [3.63, 3.8) is 0 Å². The van der Waals surface area contributed by atoms with Crippen LogP contribution in [0.2, 0.25) is 5.02 Å². The van der Waals surface area contributed by atoms with Crippen molar-refractivity contribution in [2.75, 3.05) is 0 Å². The van der Waals surface area contributed by atoms with Crippen molar-refractivity contribution in [2.24, 2.45) is 0 Å². The third-order valence-corrected chi connectivity index (χ3v) is 4.01. The van der Waals surface area contributed by atoms with Crippen LogP contribution in [0.3, 0.4) is 0 Å². The zero-order valence-electron chi connectivity index (χ0n) is 11.9. The quantitative estimate of drug-likeness (QED) is 0.743. The van der Waals surface area contributed by atoms with Gasteiger partial charge in [0, 0.05) is 29.9 Å². The van der Waals surface area contributed by atoms with Gasteiger partial charge in [-0.15, -0.1) is 0 Å². The van der Waals surface area contributed by atoms with E-state index in [-0.39, 0.29) is 6.04 Å². The largest absolute Gasteiger partial charge is 0.334 e. The van der Waals surface area contributed by atoms with Gasteiger partial charge in [-0.3, -0.25) is 0 Å². The maximum absolute atomic E-state index is 6.20. The summed E-state index contributed by atoms with van der Waals surface area (Å²) >= 11 is 6.20. The Labute approximate surface area is 128 Å². The van der Waals surface area contributed by atoms with Crippen molar-refractivity contribution in [3.8, 4) is 5.69 Å². The molecule has 0 saturated carbocycles. The Morgan fingerprint density at radius 1 is 1.33 bits per heavy atom. The van der Waals surface area contributed by atoms with E-state index in [2.05, 4.69) is 26.6 Å². The highest BCUT2D eigenvalue weighted by Gasteiger charge is 2.14. The minimum absolute atomic E-state index is 0.259. The Morgan fingerprint density at radius 3 is 2.95 bits per heavy atom. The molecular weight excluding hydrogens is 286 g/mol. The van der Waals surface area contributed by atoms with Crippen LogP contribution in [0.4, 0.5) is 0 Å². The zero-order chi connectivity index (χ0) is 14.8. The van der Waals surface area contributed by atoms with Crippen LogP contribution >= 0.6 is 11.6 Å². The number of nitrogens with zero attached hydrogens (tertiary/aromatic N) is 5. The zero-order valence-corrected chi connectivity index (χ0v) is 12.7. The van der Waals surface area contributed by atoms with Crippen molar-refractivity contribution in [2.45, 2.75) is 26.3 Å². The lowest BCUT2D eigenvalue weighted by atomic mass is 10.2. The average Bonchev–Trinajstić information content (AvgIpc) is 3.13. The molecule has 0 aliphatic rings. The first-order chi connectivity index (χ1) is 10.2. The van der Waals surface area contributed by atoms with Crippen LogP contribution in [0.5, 0.6) is 0 Å². The van der Waals surface area contributed by atoms with Crippen molar-refractivity contribution >= 4 is 11.6 Å². The third-order valence-electron chi connectivity index (χ3n) is 3.60. The van der Waals surface area contributed by atoms with Crippen molar-refractivity contribution in [1.29, 1.82) is 0 Å². The lowest BCUT2D eigenvalue weighted by Crippen LogP contribution is -2.12. The molecule has 0 N–H and O–H groups in total. The fourth-order valence-electron chi connectivity index (χ4n) is 2.33. The number of imidazole rings is 1. The van der Waals surface area contributed by atoms with Gasteiger partial charge in [-0.25, -0.2) is 14.6 Å². The second kappa shape index (κ2) is 5.69. The molecule has 6 heteroatoms. The average molecular weight is 302 g/mol. The molecule has 0 radical (unpaired) electrons. The van der Waals surface area contributed by atoms with Crippen LogP contribution in [0, 0.1) is 6.92 Å². The van der Waals surface area contributed by atoms with E-state index >= 15 is 0 Å². The summed E-state index contributed by atoms with van der Waals surface area (Å²) in [5, 5.41) is 5.08. The van der Waals surface area contributed by atoms with Crippen LogP contribution in [-0.2, 0) is 6.42 Å². The van der Waals surface area contributed by atoms with Gasteiger partial charge in [0.15, 0.2) is 0 Å². The predicted molar refractivity (Wildman–Crippen MR) is 81.7 cm³/mol. The van der Waals surface area contributed by atoms with E-state index in [9.17, 15) is 0 Å². The minimum Gasteiger partial charge on any atom is -0.334 e. The van der Waals surface area contributed by atoms with E-state index in [1.54, 1.807) is 12.5 Å². The number of benzene rings is 1. The molecule has 21 heavy (non-hydrogen) atoms. The molecule has 0 aliphatic carbocycles. The van der Waals surface area contributed by atoms with Crippen LogP contribution < -0.4 is 0 Å². The molecule has 0 amide bonds. The molecular formula is C15H16ClN5. The molecule has 1 atom stereocenters. The van der Waals surface area contributed by atoms with Gasteiger partial charge in [-0.1, -0.05) is 17.7 Å². The summed E-state index contributed by atoms with van der Waals surface area (Å²) in [6.07, 6.45) is 7.90. The van der Waals surface area contributed by atoms with Crippen molar-refractivity contribution in [3.05, 3.63) is 59.7 Å². The molecule has 108 valence electrons. The van der Waals surface area contributed by atoms with Gasteiger partial charge in [0.1, 0.15) is 12.2 Å². The lowest BCUT2D eigenvalue weighted by molar-refractivity contribution is 0.523. The first kappa shape index (κ1) is 13.8. The van der Waals surface area contributed by atoms with Crippen LogP contribution in [0.25, 0.3) is 5.69 Å². The summed E-state index contributed by atoms with van der Waals surface area (Å²) in [5.74, 6) is 0.904. The van der Waals surface area contributed by atoms with E-state index < -0.39 is 0 Å². The minimum atomic E-state index is 0.259. The van der Waals surface area contributed by atoms with Crippen LogP contribution in [-0.4, -0.2) is 24.3 Å². The normalized spacial score (nSPS) is 12.5. The van der Waals surface area contributed by atoms with E-state index in [1.165, 1.54) is 0 Å². The Morgan fingerprint density at radius 2 is 2.19 bits per heavy atom. The molecule has 5 nitrogen and oxygen atoms in total. The number of hydrogen-bond donors (Lipinski definition) is 0. The third kappa shape index (κ3) is 2.69. The highest BCUT2D eigenvalue weighted by atomic mass is 35.5.